The first-order valence-corrected chi connectivity index (χ1v) is 8.25. The molecule has 0 aliphatic carbocycles. The number of aryl methyl sites for hydroxylation is 1. The zero-order chi connectivity index (χ0) is 16.9. The lowest BCUT2D eigenvalue weighted by molar-refractivity contribution is 0.0939. The summed E-state index contributed by atoms with van der Waals surface area (Å²) < 4.78 is 7.01. The Morgan fingerprint density at radius 3 is 3.08 bits per heavy atom. The fourth-order valence-corrected chi connectivity index (χ4v) is 3.16. The molecule has 6 heteroatoms. The smallest absolute Gasteiger partial charge is 0.269 e. The van der Waals surface area contributed by atoms with Crippen LogP contribution in [0.25, 0.3) is 0 Å². The van der Waals surface area contributed by atoms with Crippen LogP contribution in [-0.4, -0.2) is 47.1 Å². The van der Waals surface area contributed by atoms with Crippen molar-refractivity contribution >= 4 is 5.91 Å². The first-order chi connectivity index (χ1) is 11.7. The largest absolute Gasteiger partial charge is 0.497 e. The van der Waals surface area contributed by atoms with Gasteiger partial charge in [0, 0.05) is 26.7 Å². The molecule has 1 aliphatic rings. The monoisotopic (exact) mass is 328 g/mol. The third kappa shape index (κ3) is 3.94. The van der Waals surface area contributed by atoms with Crippen molar-refractivity contribution < 1.29 is 9.53 Å². The van der Waals surface area contributed by atoms with Gasteiger partial charge in [-0.1, -0.05) is 12.1 Å². The number of methoxy groups -OCH3 is 1. The summed E-state index contributed by atoms with van der Waals surface area (Å²) in [7, 11) is 3.52. The van der Waals surface area contributed by atoms with Gasteiger partial charge in [-0.15, -0.1) is 0 Å². The minimum Gasteiger partial charge on any atom is -0.497 e. The first-order valence-electron chi connectivity index (χ1n) is 8.25. The van der Waals surface area contributed by atoms with Crippen LogP contribution in [0.4, 0.5) is 0 Å². The molecule has 3 rings (SSSR count). The van der Waals surface area contributed by atoms with Crippen LogP contribution >= 0.6 is 0 Å². The van der Waals surface area contributed by atoms with E-state index in [1.807, 2.05) is 19.2 Å². The lowest BCUT2D eigenvalue weighted by Crippen LogP contribution is -2.31. The average molecular weight is 328 g/mol. The minimum absolute atomic E-state index is 0.0544. The van der Waals surface area contributed by atoms with Crippen molar-refractivity contribution in [3.8, 4) is 5.75 Å². The number of rotatable bonds is 6. The van der Waals surface area contributed by atoms with E-state index in [9.17, 15) is 4.79 Å². The van der Waals surface area contributed by atoms with Crippen LogP contribution in [0.2, 0.25) is 0 Å². The number of benzene rings is 1. The van der Waals surface area contributed by atoms with Crippen molar-refractivity contribution in [1.82, 2.24) is 19.8 Å². The SMILES string of the molecule is COc1cccc(CN2CC[C@@H](CNC(=O)c3cncn3C)C2)c1. The fourth-order valence-electron chi connectivity index (χ4n) is 3.16. The van der Waals surface area contributed by atoms with Crippen LogP contribution in [0, 0.1) is 5.92 Å². The van der Waals surface area contributed by atoms with Gasteiger partial charge >= 0.3 is 0 Å². The highest BCUT2D eigenvalue weighted by Gasteiger charge is 2.23. The number of nitrogens with zero attached hydrogens (tertiary/aromatic N) is 3. The highest BCUT2D eigenvalue weighted by Crippen LogP contribution is 2.20. The number of likely N-dealkylation sites (tertiary alicyclic amines) is 1. The van der Waals surface area contributed by atoms with Crippen LogP contribution < -0.4 is 10.1 Å². The van der Waals surface area contributed by atoms with Crippen LogP contribution in [0.1, 0.15) is 22.5 Å². The van der Waals surface area contributed by atoms with E-state index in [1.165, 1.54) is 5.56 Å². The molecule has 1 saturated heterocycles. The predicted molar refractivity (Wildman–Crippen MR) is 91.9 cm³/mol. The Hall–Kier alpha value is -2.34. The number of carbonyl (C=O) groups excluding carboxylic acids is 1. The number of hydrogen-bond acceptors (Lipinski definition) is 4. The molecule has 2 heterocycles. The molecule has 1 atom stereocenters. The molecule has 1 N–H and O–H groups in total. The van der Waals surface area contributed by atoms with E-state index < -0.39 is 0 Å². The zero-order valence-corrected chi connectivity index (χ0v) is 14.2. The van der Waals surface area contributed by atoms with E-state index in [-0.39, 0.29) is 5.91 Å². The van der Waals surface area contributed by atoms with Gasteiger partial charge in [-0.2, -0.15) is 0 Å². The molecule has 0 unspecified atom stereocenters. The highest BCUT2D eigenvalue weighted by molar-refractivity contribution is 5.92. The van der Waals surface area contributed by atoms with Gasteiger partial charge in [-0.05, 0) is 36.6 Å². The highest BCUT2D eigenvalue weighted by atomic mass is 16.5. The number of nitrogens with one attached hydrogen (secondary N) is 1. The topological polar surface area (TPSA) is 59.4 Å². The Morgan fingerprint density at radius 2 is 2.33 bits per heavy atom. The van der Waals surface area contributed by atoms with Gasteiger partial charge in [-0.3, -0.25) is 9.69 Å². The van der Waals surface area contributed by atoms with Gasteiger partial charge in [0.25, 0.3) is 5.91 Å². The van der Waals surface area contributed by atoms with Crippen molar-refractivity contribution in [2.45, 2.75) is 13.0 Å². The van der Waals surface area contributed by atoms with E-state index in [4.69, 9.17) is 4.74 Å². The fraction of sp³-hybridized carbons (Fsp3) is 0.444. The van der Waals surface area contributed by atoms with E-state index in [0.717, 1.165) is 31.8 Å². The predicted octanol–water partition coefficient (Wildman–Crippen LogP) is 1.68. The van der Waals surface area contributed by atoms with E-state index in [0.29, 0.717) is 18.2 Å². The Labute approximate surface area is 142 Å². The van der Waals surface area contributed by atoms with Crippen molar-refractivity contribution in [1.29, 1.82) is 0 Å². The molecule has 128 valence electrons. The van der Waals surface area contributed by atoms with E-state index in [1.54, 1.807) is 24.2 Å². The van der Waals surface area contributed by atoms with Crippen molar-refractivity contribution in [2.24, 2.45) is 13.0 Å². The van der Waals surface area contributed by atoms with Gasteiger partial charge in [0.05, 0.1) is 19.6 Å². The Kier molecular flexibility index (Phi) is 5.15. The second kappa shape index (κ2) is 7.49. The summed E-state index contributed by atoms with van der Waals surface area (Å²) in [5.74, 6) is 1.33. The summed E-state index contributed by atoms with van der Waals surface area (Å²) >= 11 is 0. The normalized spacial score (nSPS) is 17.8. The summed E-state index contributed by atoms with van der Waals surface area (Å²) in [6, 6.07) is 8.19. The lowest BCUT2D eigenvalue weighted by atomic mass is 10.1. The van der Waals surface area contributed by atoms with Crippen molar-refractivity contribution in [3.05, 3.63) is 48.0 Å². The quantitative estimate of drug-likeness (QED) is 0.876. The average Bonchev–Trinajstić information content (AvgIpc) is 3.22. The molecule has 6 nitrogen and oxygen atoms in total. The zero-order valence-electron chi connectivity index (χ0n) is 14.2. The molecular weight excluding hydrogens is 304 g/mol. The maximum atomic E-state index is 12.1. The van der Waals surface area contributed by atoms with Crippen LogP contribution in [0.3, 0.4) is 0 Å². The molecule has 0 spiro atoms. The molecule has 1 amide bonds. The van der Waals surface area contributed by atoms with Gasteiger partial charge in [0.15, 0.2) is 0 Å². The molecule has 1 aromatic heterocycles. The van der Waals surface area contributed by atoms with Gasteiger partial charge in [-0.25, -0.2) is 4.98 Å². The number of imidazole rings is 1. The van der Waals surface area contributed by atoms with Crippen molar-refractivity contribution in [3.63, 3.8) is 0 Å². The molecule has 1 fully saturated rings. The second-order valence-corrected chi connectivity index (χ2v) is 6.34. The summed E-state index contributed by atoms with van der Waals surface area (Å²) in [4.78, 5) is 18.5. The molecule has 24 heavy (non-hydrogen) atoms. The summed E-state index contributed by atoms with van der Waals surface area (Å²) in [6.45, 7) is 3.69. The van der Waals surface area contributed by atoms with Gasteiger partial charge in [0.1, 0.15) is 11.4 Å². The third-order valence-electron chi connectivity index (χ3n) is 4.51. The Balaban J connectivity index is 1.47. The molecule has 0 saturated carbocycles. The number of amides is 1. The number of ether oxygens (including phenoxy) is 1. The van der Waals surface area contributed by atoms with Crippen molar-refractivity contribution in [2.75, 3.05) is 26.7 Å². The lowest BCUT2D eigenvalue weighted by Gasteiger charge is -2.17. The molecule has 0 radical (unpaired) electrons. The summed E-state index contributed by atoms with van der Waals surface area (Å²) in [5.41, 5.74) is 1.86. The third-order valence-corrected chi connectivity index (χ3v) is 4.51. The summed E-state index contributed by atoms with van der Waals surface area (Å²) in [6.07, 6.45) is 4.34. The first kappa shape index (κ1) is 16.5. The van der Waals surface area contributed by atoms with Gasteiger partial charge < -0.3 is 14.6 Å². The number of aromatic nitrogens is 2. The molecule has 1 aromatic carbocycles. The van der Waals surface area contributed by atoms with E-state index in [2.05, 4.69) is 27.3 Å². The van der Waals surface area contributed by atoms with Gasteiger partial charge in [0.2, 0.25) is 0 Å². The molecule has 0 bridgehead atoms. The molecule has 2 aromatic rings. The summed E-state index contributed by atoms with van der Waals surface area (Å²) in [5, 5.41) is 3.02. The maximum Gasteiger partial charge on any atom is 0.269 e. The minimum atomic E-state index is -0.0544. The molecule has 1 aliphatic heterocycles. The maximum absolute atomic E-state index is 12.1. The van der Waals surface area contributed by atoms with Crippen LogP contribution in [-0.2, 0) is 13.6 Å². The Morgan fingerprint density at radius 1 is 1.46 bits per heavy atom. The standard InChI is InChI=1S/C18H24N4O2/c1-21-13-19-10-17(21)18(23)20-9-15-6-7-22(12-15)11-14-4-3-5-16(8-14)24-2/h3-5,8,10,13,15H,6-7,9,11-12H2,1-2H3,(H,20,23)/t15-/m0/s1. The van der Waals surface area contributed by atoms with E-state index >= 15 is 0 Å². The molecular formula is C18H24N4O2. The van der Waals surface area contributed by atoms with Crippen LogP contribution in [0.5, 0.6) is 5.75 Å². The second-order valence-electron chi connectivity index (χ2n) is 6.34. The number of hydrogen-bond donors (Lipinski definition) is 1. The Bertz CT molecular complexity index is 698. The van der Waals surface area contributed by atoms with Crippen LogP contribution in [0.15, 0.2) is 36.8 Å². The number of carbonyl (C=O) groups is 1.